The molecule has 0 saturated carbocycles. The normalized spacial score (nSPS) is 16.4. The summed E-state index contributed by atoms with van der Waals surface area (Å²) in [5.74, 6) is 0.897. The second-order valence-corrected chi connectivity index (χ2v) is 3.73. The highest BCUT2D eigenvalue weighted by Gasteiger charge is 2.17. The number of fused-ring (bicyclic) bond motifs is 1. The van der Waals surface area contributed by atoms with E-state index in [-0.39, 0.29) is 12.6 Å². The van der Waals surface area contributed by atoms with Crippen molar-refractivity contribution in [3.05, 3.63) is 17.6 Å². The Morgan fingerprint density at radius 1 is 1.50 bits per heavy atom. The van der Waals surface area contributed by atoms with Gasteiger partial charge in [0.2, 0.25) is 0 Å². The molecule has 1 heterocycles. The van der Waals surface area contributed by atoms with Gasteiger partial charge in [-0.25, -0.2) is 9.97 Å². The molecule has 76 valence electrons. The number of hydrogen-bond acceptors (Lipinski definition) is 4. The first-order chi connectivity index (χ1) is 6.81. The summed E-state index contributed by atoms with van der Waals surface area (Å²) < 4.78 is 0. The number of anilines is 1. The first kappa shape index (κ1) is 9.40. The van der Waals surface area contributed by atoms with Gasteiger partial charge in [0.15, 0.2) is 0 Å². The van der Waals surface area contributed by atoms with Gasteiger partial charge in [0.25, 0.3) is 0 Å². The van der Waals surface area contributed by atoms with E-state index in [1.807, 2.05) is 6.92 Å². The zero-order valence-electron chi connectivity index (χ0n) is 8.32. The molecule has 2 rings (SSSR count). The van der Waals surface area contributed by atoms with Crippen LogP contribution in [0.1, 0.15) is 24.6 Å². The second kappa shape index (κ2) is 3.92. The molecule has 2 N–H and O–H groups in total. The number of nitrogens with one attached hydrogen (secondary N) is 1. The molecule has 1 atom stereocenters. The molecule has 1 aliphatic carbocycles. The number of hydrogen-bond donors (Lipinski definition) is 2. The molecule has 0 unspecified atom stereocenters. The Kier molecular flexibility index (Phi) is 2.63. The molecule has 0 bridgehead atoms. The summed E-state index contributed by atoms with van der Waals surface area (Å²) >= 11 is 0. The van der Waals surface area contributed by atoms with Crippen LogP contribution in [0.25, 0.3) is 0 Å². The molecule has 0 fully saturated rings. The van der Waals surface area contributed by atoms with E-state index in [0.29, 0.717) is 0 Å². The largest absolute Gasteiger partial charge is 0.394 e. The predicted molar refractivity (Wildman–Crippen MR) is 54.2 cm³/mol. The molecule has 1 aliphatic rings. The van der Waals surface area contributed by atoms with Crippen molar-refractivity contribution in [3.63, 3.8) is 0 Å². The van der Waals surface area contributed by atoms with Crippen LogP contribution >= 0.6 is 0 Å². The quantitative estimate of drug-likeness (QED) is 0.744. The van der Waals surface area contributed by atoms with Gasteiger partial charge in [-0.1, -0.05) is 0 Å². The fraction of sp³-hybridized carbons (Fsp3) is 0.600. The third-order valence-electron chi connectivity index (χ3n) is 2.53. The Morgan fingerprint density at radius 3 is 3.14 bits per heavy atom. The third kappa shape index (κ3) is 1.70. The van der Waals surface area contributed by atoms with E-state index in [9.17, 15) is 0 Å². The maximum absolute atomic E-state index is 8.94. The first-order valence-electron chi connectivity index (χ1n) is 5.01. The van der Waals surface area contributed by atoms with E-state index in [0.717, 1.165) is 30.8 Å². The summed E-state index contributed by atoms with van der Waals surface area (Å²) in [6.45, 7) is 2.06. The molecule has 4 nitrogen and oxygen atoms in total. The zero-order chi connectivity index (χ0) is 9.97. The molecule has 1 aromatic rings. The van der Waals surface area contributed by atoms with Gasteiger partial charge in [-0.05, 0) is 26.2 Å². The Balaban J connectivity index is 2.22. The predicted octanol–water partition coefficient (Wildman–Crippen LogP) is 0.758. The average molecular weight is 193 g/mol. The summed E-state index contributed by atoms with van der Waals surface area (Å²) in [7, 11) is 0. The molecule has 0 spiro atoms. The molecule has 0 aromatic carbocycles. The molecule has 0 saturated heterocycles. The Labute approximate surface area is 83.4 Å². The van der Waals surface area contributed by atoms with Gasteiger partial charge in [-0.2, -0.15) is 0 Å². The SMILES string of the molecule is C[C@@H](CO)Nc1ncnc2c1CCC2. The highest BCUT2D eigenvalue weighted by Crippen LogP contribution is 2.25. The highest BCUT2D eigenvalue weighted by molar-refractivity contribution is 5.48. The maximum Gasteiger partial charge on any atom is 0.133 e. The lowest BCUT2D eigenvalue weighted by Crippen LogP contribution is -2.21. The summed E-state index contributed by atoms with van der Waals surface area (Å²) in [5.41, 5.74) is 2.39. The van der Waals surface area contributed by atoms with Gasteiger partial charge in [0.1, 0.15) is 12.1 Å². The van der Waals surface area contributed by atoms with E-state index in [1.54, 1.807) is 6.33 Å². The van der Waals surface area contributed by atoms with Crippen LogP contribution in [0.4, 0.5) is 5.82 Å². The number of aliphatic hydroxyl groups excluding tert-OH is 1. The monoisotopic (exact) mass is 193 g/mol. The number of aliphatic hydroxyl groups is 1. The maximum atomic E-state index is 8.94. The van der Waals surface area contributed by atoms with E-state index in [4.69, 9.17) is 5.11 Å². The number of aromatic nitrogens is 2. The van der Waals surface area contributed by atoms with Gasteiger partial charge in [0.05, 0.1) is 6.61 Å². The summed E-state index contributed by atoms with van der Waals surface area (Å²) in [4.78, 5) is 8.44. The van der Waals surface area contributed by atoms with Crippen molar-refractivity contribution in [1.29, 1.82) is 0 Å². The fourth-order valence-corrected chi connectivity index (χ4v) is 1.76. The lowest BCUT2D eigenvalue weighted by atomic mass is 10.2. The van der Waals surface area contributed by atoms with Gasteiger partial charge in [-0.15, -0.1) is 0 Å². The van der Waals surface area contributed by atoms with Crippen LogP contribution in [-0.4, -0.2) is 27.7 Å². The van der Waals surface area contributed by atoms with Crippen LogP contribution in [0.3, 0.4) is 0 Å². The second-order valence-electron chi connectivity index (χ2n) is 3.73. The smallest absolute Gasteiger partial charge is 0.133 e. The topological polar surface area (TPSA) is 58.0 Å². The van der Waals surface area contributed by atoms with Crippen molar-refractivity contribution in [2.24, 2.45) is 0 Å². The Hall–Kier alpha value is -1.16. The number of rotatable bonds is 3. The standard InChI is InChI=1S/C10H15N3O/c1-7(5-14)13-10-8-3-2-4-9(8)11-6-12-10/h6-7,14H,2-5H2,1H3,(H,11,12,13)/t7-/m0/s1. The van der Waals surface area contributed by atoms with Gasteiger partial charge in [0, 0.05) is 17.3 Å². The van der Waals surface area contributed by atoms with Crippen molar-refractivity contribution in [2.45, 2.75) is 32.2 Å². The minimum atomic E-state index is 0.0506. The highest BCUT2D eigenvalue weighted by atomic mass is 16.3. The summed E-state index contributed by atoms with van der Waals surface area (Å²) in [5, 5.41) is 12.1. The van der Waals surface area contributed by atoms with Crippen molar-refractivity contribution in [2.75, 3.05) is 11.9 Å². The summed E-state index contributed by atoms with van der Waals surface area (Å²) in [6.07, 6.45) is 4.86. The van der Waals surface area contributed by atoms with E-state index in [2.05, 4.69) is 15.3 Å². The van der Waals surface area contributed by atoms with Crippen molar-refractivity contribution in [3.8, 4) is 0 Å². The van der Waals surface area contributed by atoms with Crippen molar-refractivity contribution in [1.82, 2.24) is 9.97 Å². The van der Waals surface area contributed by atoms with Gasteiger partial charge < -0.3 is 10.4 Å². The molecule has 0 amide bonds. The van der Waals surface area contributed by atoms with Crippen molar-refractivity contribution < 1.29 is 5.11 Å². The minimum absolute atomic E-state index is 0.0506. The molecule has 14 heavy (non-hydrogen) atoms. The third-order valence-corrected chi connectivity index (χ3v) is 2.53. The minimum Gasteiger partial charge on any atom is -0.394 e. The van der Waals surface area contributed by atoms with Crippen LogP contribution in [0.5, 0.6) is 0 Å². The van der Waals surface area contributed by atoms with Gasteiger partial charge in [-0.3, -0.25) is 0 Å². The molecular weight excluding hydrogens is 178 g/mol. The van der Waals surface area contributed by atoms with E-state index in [1.165, 1.54) is 5.56 Å². The van der Waals surface area contributed by atoms with Gasteiger partial charge >= 0.3 is 0 Å². The van der Waals surface area contributed by atoms with Crippen LogP contribution in [0.15, 0.2) is 6.33 Å². The van der Waals surface area contributed by atoms with Crippen LogP contribution in [0.2, 0.25) is 0 Å². The van der Waals surface area contributed by atoms with Crippen LogP contribution in [-0.2, 0) is 12.8 Å². The van der Waals surface area contributed by atoms with Crippen LogP contribution in [0, 0.1) is 0 Å². The molecular formula is C10H15N3O. The first-order valence-corrected chi connectivity index (χ1v) is 5.01. The van der Waals surface area contributed by atoms with E-state index < -0.39 is 0 Å². The summed E-state index contributed by atoms with van der Waals surface area (Å²) in [6, 6.07) is 0.0506. The van der Waals surface area contributed by atoms with Crippen molar-refractivity contribution >= 4 is 5.82 Å². The number of nitrogens with zero attached hydrogens (tertiary/aromatic N) is 2. The Bertz CT molecular complexity index is 327. The molecule has 4 heteroatoms. The zero-order valence-corrected chi connectivity index (χ0v) is 8.32. The Morgan fingerprint density at radius 2 is 2.36 bits per heavy atom. The average Bonchev–Trinajstić information content (AvgIpc) is 2.66. The lowest BCUT2D eigenvalue weighted by molar-refractivity contribution is 0.281. The van der Waals surface area contributed by atoms with Crippen LogP contribution < -0.4 is 5.32 Å². The number of aryl methyl sites for hydroxylation is 1. The fourth-order valence-electron chi connectivity index (χ4n) is 1.76. The molecule has 0 radical (unpaired) electrons. The molecule has 1 aromatic heterocycles. The lowest BCUT2D eigenvalue weighted by Gasteiger charge is -2.13. The molecule has 0 aliphatic heterocycles. The van der Waals surface area contributed by atoms with E-state index >= 15 is 0 Å².